The van der Waals surface area contributed by atoms with Gasteiger partial charge in [-0.05, 0) is 48.2 Å². The van der Waals surface area contributed by atoms with Crippen LogP contribution in [-0.4, -0.2) is 23.2 Å². The van der Waals surface area contributed by atoms with Crippen molar-refractivity contribution in [1.29, 1.82) is 0 Å². The second kappa shape index (κ2) is 5.81. The number of methoxy groups -OCH3 is 1. The molecule has 0 aliphatic heterocycles. The Labute approximate surface area is 133 Å². The Hall–Kier alpha value is -2.33. The first-order chi connectivity index (χ1) is 10.6. The number of ether oxygens (including phenoxy) is 1. The van der Waals surface area contributed by atoms with Gasteiger partial charge in [0.05, 0.1) is 23.4 Å². The number of aromatic nitrogens is 1. The van der Waals surface area contributed by atoms with Crippen molar-refractivity contribution in [3.63, 3.8) is 0 Å². The average Bonchev–Trinajstić information content (AvgIpc) is 2.91. The van der Waals surface area contributed by atoms with Gasteiger partial charge in [-0.1, -0.05) is 23.2 Å². The number of hydrogen-bond acceptors (Lipinski definition) is 3. The average molecular weight is 316 g/mol. The highest BCUT2D eigenvalue weighted by atomic mass is 35.5. The molecule has 112 valence electrons. The highest BCUT2D eigenvalue weighted by Gasteiger charge is 2.20. The summed E-state index contributed by atoms with van der Waals surface area (Å²) in [6, 6.07) is 7.19. The highest BCUT2D eigenvalue weighted by Crippen LogP contribution is 2.31. The van der Waals surface area contributed by atoms with Crippen molar-refractivity contribution in [2.75, 3.05) is 7.11 Å². The molecule has 0 spiro atoms. The minimum Gasteiger partial charge on any atom is -0.495 e. The van der Waals surface area contributed by atoms with Crippen molar-refractivity contribution < 1.29 is 14.6 Å². The molecule has 1 N–H and O–H groups in total. The van der Waals surface area contributed by atoms with E-state index in [1.807, 2.05) is 18.2 Å². The summed E-state index contributed by atoms with van der Waals surface area (Å²) in [5.41, 5.74) is 4.05. The molecule has 3 rings (SSSR count). The zero-order valence-corrected chi connectivity index (χ0v) is 12.7. The van der Waals surface area contributed by atoms with Crippen molar-refractivity contribution in [3.05, 3.63) is 63.4 Å². The fourth-order valence-corrected chi connectivity index (χ4v) is 2.88. The Morgan fingerprint density at radius 2 is 2.23 bits per heavy atom. The van der Waals surface area contributed by atoms with Crippen LogP contribution in [0.5, 0.6) is 5.75 Å². The number of carboxylic acid groups (broad SMARTS) is 1. The summed E-state index contributed by atoms with van der Waals surface area (Å²) in [6.45, 7) is 0. The van der Waals surface area contributed by atoms with Gasteiger partial charge in [-0.2, -0.15) is 0 Å². The molecule has 1 aromatic carbocycles. The normalized spacial score (nSPS) is 12.7. The van der Waals surface area contributed by atoms with Gasteiger partial charge < -0.3 is 9.84 Å². The van der Waals surface area contributed by atoms with E-state index in [2.05, 4.69) is 4.98 Å². The van der Waals surface area contributed by atoms with Crippen LogP contribution in [0.4, 0.5) is 0 Å². The molecule has 1 aliphatic carbocycles. The Balaban J connectivity index is 1.84. The molecule has 2 aromatic rings. The van der Waals surface area contributed by atoms with Crippen molar-refractivity contribution in [2.45, 2.75) is 12.8 Å². The van der Waals surface area contributed by atoms with E-state index in [1.54, 1.807) is 19.2 Å². The summed E-state index contributed by atoms with van der Waals surface area (Å²) in [6.07, 6.45) is 4.81. The first-order valence-electron chi connectivity index (χ1n) is 6.81. The number of fused-ring (bicyclic) bond motifs is 1. The van der Waals surface area contributed by atoms with Gasteiger partial charge in [0, 0.05) is 6.20 Å². The maximum absolute atomic E-state index is 11.3. The molecular formula is C17H14ClNO3. The van der Waals surface area contributed by atoms with Crippen molar-refractivity contribution in [2.24, 2.45) is 0 Å². The van der Waals surface area contributed by atoms with E-state index >= 15 is 0 Å². The monoisotopic (exact) mass is 315 g/mol. The lowest BCUT2D eigenvalue weighted by Gasteiger charge is -2.07. The quantitative estimate of drug-likeness (QED) is 0.936. The van der Waals surface area contributed by atoms with Crippen molar-refractivity contribution >= 4 is 23.6 Å². The molecule has 4 nitrogen and oxygen atoms in total. The lowest BCUT2D eigenvalue weighted by atomic mass is 10.0. The van der Waals surface area contributed by atoms with Crippen LogP contribution < -0.4 is 4.74 Å². The lowest BCUT2D eigenvalue weighted by Crippen LogP contribution is -2.04. The van der Waals surface area contributed by atoms with Gasteiger partial charge in [-0.25, -0.2) is 4.79 Å². The maximum atomic E-state index is 11.3. The SMILES string of the molecule is COc1cc(CC2=Cc3nccc(C(=O)O)c3C2)ccc1Cl. The summed E-state index contributed by atoms with van der Waals surface area (Å²) in [5, 5.41) is 9.82. The highest BCUT2D eigenvalue weighted by molar-refractivity contribution is 6.32. The smallest absolute Gasteiger partial charge is 0.336 e. The lowest BCUT2D eigenvalue weighted by molar-refractivity contribution is 0.0695. The molecule has 0 saturated heterocycles. The molecule has 0 fully saturated rings. The molecule has 0 saturated carbocycles. The number of carbonyl (C=O) groups is 1. The molecule has 22 heavy (non-hydrogen) atoms. The molecule has 0 unspecified atom stereocenters. The molecule has 5 heteroatoms. The molecule has 1 aliphatic rings. The largest absolute Gasteiger partial charge is 0.495 e. The number of nitrogens with zero attached hydrogens (tertiary/aromatic N) is 1. The van der Waals surface area contributed by atoms with E-state index in [4.69, 9.17) is 16.3 Å². The van der Waals surface area contributed by atoms with Crippen LogP contribution in [0.25, 0.3) is 6.08 Å². The number of halogens is 1. The van der Waals surface area contributed by atoms with Gasteiger partial charge in [0.25, 0.3) is 0 Å². The molecule has 0 radical (unpaired) electrons. The number of pyridine rings is 1. The number of rotatable bonds is 4. The zero-order valence-electron chi connectivity index (χ0n) is 12.0. The standard InChI is InChI=1S/C17H14ClNO3/c1-22-16-9-10(2-3-14(16)18)6-11-7-13-12(17(20)21)4-5-19-15(13)8-11/h2-5,8-9H,6-7H2,1H3,(H,20,21). The summed E-state index contributed by atoms with van der Waals surface area (Å²) < 4.78 is 5.22. The van der Waals surface area contributed by atoms with Crippen LogP contribution in [0.2, 0.25) is 5.02 Å². The first-order valence-corrected chi connectivity index (χ1v) is 7.19. The number of aromatic carboxylic acids is 1. The second-order valence-corrected chi connectivity index (χ2v) is 5.56. The summed E-state index contributed by atoms with van der Waals surface area (Å²) >= 11 is 6.03. The van der Waals surface area contributed by atoms with Crippen LogP contribution >= 0.6 is 11.6 Å². The molecule has 0 bridgehead atoms. The van der Waals surface area contributed by atoms with Gasteiger partial charge in [-0.15, -0.1) is 0 Å². The van der Waals surface area contributed by atoms with Gasteiger partial charge >= 0.3 is 5.97 Å². The Morgan fingerprint density at radius 3 is 2.95 bits per heavy atom. The fourth-order valence-electron chi connectivity index (χ4n) is 2.68. The minimum absolute atomic E-state index is 0.324. The van der Waals surface area contributed by atoms with Crippen LogP contribution in [-0.2, 0) is 12.8 Å². The predicted octanol–water partition coefficient (Wildman–Crippen LogP) is 3.62. The van der Waals surface area contributed by atoms with Crippen molar-refractivity contribution in [3.8, 4) is 5.75 Å². The molecule has 0 atom stereocenters. The fraction of sp³-hybridized carbons (Fsp3) is 0.176. The number of carboxylic acids is 1. The van der Waals surface area contributed by atoms with Gasteiger partial charge in [0.15, 0.2) is 0 Å². The van der Waals surface area contributed by atoms with E-state index in [-0.39, 0.29) is 0 Å². The Kier molecular flexibility index (Phi) is 3.86. The second-order valence-electron chi connectivity index (χ2n) is 5.15. The molecule has 1 heterocycles. The third-order valence-electron chi connectivity index (χ3n) is 3.71. The van der Waals surface area contributed by atoms with Crippen LogP contribution in [0, 0.1) is 0 Å². The van der Waals surface area contributed by atoms with Crippen LogP contribution in [0.1, 0.15) is 27.2 Å². The number of benzene rings is 1. The topological polar surface area (TPSA) is 59.4 Å². The summed E-state index contributed by atoms with van der Waals surface area (Å²) in [7, 11) is 1.58. The summed E-state index contributed by atoms with van der Waals surface area (Å²) in [5.74, 6) is -0.277. The van der Waals surface area contributed by atoms with E-state index in [9.17, 15) is 9.90 Å². The number of allylic oxidation sites excluding steroid dienone is 1. The van der Waals surface area contributed by atoms with Crippen molar-refractivity contribution in [1.82, 2.24) is 4.98 Å². The van der Waals surface area contributed by atoms with E-state index in [0.29, 0.717) is 29.2 Å². The van der Waals surface area contributed by atoms with E-state index in [1.165, 1.54) is 6.20 Å². The van der Waals surface area contributed by atoms with Crippen LogP contribution in [0.3, 0.4) is 0 Å². The molecular weight excluding hydrogens is 302 g/mol. The zero-order chi connectivity index (χ0) is 15.7. The first kappa shape index (κ1) is 14.6. The van der Waals surface area contributed by atoms with Gasteiger partial charge in [-0.3, -0.25) is 4.98 Å². The molecule has 1 aromatic heterocycles. The third-order valence-corrected chi connectivity index (χ3v) is 4.02. The Morgan fingerprint density at radius 1 is 1.41 bits per heavy atom. The maximum Gasteiger partial charge on any atom is 0.336 e. The van der Waals surface area contributed by atoms with Crippen LogP contribution in [0.15, 0.2) is 36.0 Å². The van der Waals surface area contributed by atoms with Gasteiger partial charge in [0.1, 0.15) is 5.75 Å². The molecule has 0 amide bonds. The minimum atomic E-state index is -0.915. The summed E-state index contributed by atoms with van der Waals surface area (Å²) in [4.78, 5) is 15.5. The van der Waals surface area contributed by atoms with Gasteiger partial charge in [0.2, 0.25) is 0 Å². The van der Waals surface area contributed by atoms with E-state index < -0.39 is 5.97 Å². The van der Waals surface area contributed by atoms with E-state index in [0.717, 1.165) is 22.4 Å². The number of hydrogen-bond donors (Lipinski definition) is 1. The Bertz CT molecular complexity index is 783. The predicted molar refractivity (Wildman–Crippen MR) is 84.6 cm³/mol. The third kappa shape index (κ3) is 2.70.